The summed E-state index contributed by atoms with van der Waals surface area (Å²) in [6.07, 6.45) is 2.54. The van der Waals surface area contributed by atoms with Gasteiger partial charge in [-0.2, -0.15) is 0 Å². The maximum Gasteiger partial charge on any atom is 0.144 e. The molecular weight excluding hydrogens is 248 g/mol. The predicted molar refractivity (Wildman–Crippen MR) is 76.8 cm³/mol. The van der Waals surface area contributed by atoms with Gasteiger partial charge >= 0.3 is 0 Å². The van der Waals surface area contributed by atoms with E-state index in [2.05, 4.69) is 10.6 Å². The number of hydrogen-bond acceptors (Lipinski definition) is 3. The van der Waals surface area contributed by atoms with Gasteiger partial charge in [-0.3, -0.25) is 0 Å². The maximum atomic E-state index is 6.09. The molecule has 0 amide bonds. The highest BCUT2D eigenvalue weighted by molar-refractivity contribution is 6.31. The fourth-order valence-corrected chi connectivity index (χ4v) is 2.76. The molecule has 0 aromatic heterocycles. The van der Waals surface area contributed by atoms with E-state index in [1.54, 1.807) is 7.11 Å². The van der Waals surface area contributed by atoms with Gasteiger partial charge < -0.3 is 15.4 Å². The van der Waals surface area contributed by atoms with Crippen molar-refractivity contribution < 1.29 is 4.74 Å². The smallest absolute Gasteiger partial charge is 0.144 e. The molecule has 3 nitrogen and oxygen atoms in total. The summed E-state index contributed by atoms with van der Waals surface area (Å²) in [5.74, 6) is 1.57. The molecule has 0 saturated carbocycles. The molecule has 2 rings (SSSR count). The number of anilines is 1. The molecule has 1 aromatic rings. The Labute approximate surface area is 114 Å². The fourth-order valence-electron chi connectivity index (χ4n) is 2.48. The zero-order valence-electron chi connectivity index (χ0n) is 11.1. The third-order valence-electron chi connectivity index (χ3n) is 3.42. The summed E-state index contributed by atoms with van der Waals surface area (Å²) in [6, 6.07) is 3.86. The van der Waals surface area contributed by atoms with Crippen molar-refractivity contribution in [3.05, 3.63) is 22.7 Å². The summed E-state index contributed by atoms with van der Waals surface area (Å²) >= 11 is 6.09. The third kappa shape index (κ3) is 3.30. The normalized spacial score (nSPS) is 19.6. The highest BCUT2D eigenvalue weighted by Gasteiger charge is 2.14. The molecule has 1 atom stereocenters. The van der Waals surface area contributed by atoms with Crippen LogP contribution >= 0.6 is 11.6 Å². The minimum absolute atomic E-state index is 0.683. The first-order valence-corrected chi connectivity index (χ1v) is 6.87. The van der Waals surface area contributed by atoms with E-state index in [9.17, 15) is 0 Å². The zero-order chi connectivity index (χ0) is 13.0. The van der Waals surface area contributed by atoms with Gasteiger partial charge in [0, 0.05) is 11.6 Å². The standard InChI is InChI=1S/C14H21ClN2O/c1-10-6-12(15)7-13(14(10)18-2)17-9-11-4-3-5-16-8-11/h6-7,11,16-17H,3-5,8-9H2,1-2H3. The van der Waals surface area contributed by atoms with Gasteiger partial charge in [-0.05, 0) is 56.5 Å². The van der Waals surface area contributed by atoms with Crippen LogP contribution in [0.2, 0.25) is 5.02 Å². The molecule has 2 N–H and O–H groups in total. The first-order valence-electron chi connectivity index (χ1n) is 6.49. The van der Waals surface area contributed by atoms with Crippen molar-refractivity contribution in [3.8, 4) is 5.75 Å². The summed E-state index contributed by atoms with van der Waals surface area (Å²) in [5, 5.41) is 7.64. The van der Waals surface area contributed by atoms with Gasteiger partial charge in [0.1, 0.15) is 5.75 Å². The van der Waals surface area contributed by atoms with Crippen LogP contribution in [0.5, 0.6) is 5.75 Å². The van der Waals surface area contributed by atoms with E-state index in [0.29, 0.717) is 5.92 Å². The minimum Gasteiger partial charge on any atom is -0.494 e. The number of aryl methyl sites for hydroxylation is 1. The summed E-state index contributed by atoms with van der Waals surface area (Å²) in [7, 11) is 1.70. The highest BCUT2D eigenvalue weighted by Crippen LogP contribution is 2.32. The Morgan fingerprint density at radius 3 is 3.00 bits per heavy atom. The number of hydrogen-bond donors (Lipinski definition) is 2. The number of benzene rings is 1. The lowest BCUT2D eigenvalue weighted by Gasteiger charge is -2.24. The second-order valence-corrected chi connectivity index (χ2v) is 5.33. The van der Waals surface area contributed by atoms with Crippen LogP contribution in [0.3, 0.4) is 0 Å². The number of ether oxygens (including phenoxy) is 1. The number of rotatable bonds is 4. The van der Waals surface area contributed by atoms with E-state index in [0.717, 1.165) is 41.7 Å². The molecular formula is C14H21ClN2O. The van der Waals surface area contributed by atoms with Gasteiger partial charge in [0.25, 0.3) is 0 Å². The molecule has 1 fully saturated rings. The van der Waals surface area contributed by atoms with Gasteiger partial charge in [0.05, 0.1) is 12.8 Å². The maximum absolute atomic E-state index is 6.09. The van der Waals surface area contributed by atoms with Crippen LogP contribution in [0.1, 0.15) is 18.4 Å². The van der Waals surface area contributed by atoms with E-state index in [1.807, 2.05) is 19.1 Å². The van der Waals surface area contributed by atoms with E-state index >= 15 is 0 Å². The molecule has 1 heterocycles. The monoisotopic (exact) mass is 268 g/mol. The van der Waals surface area contributed by atoms with Crippen molar-refractivity contribution in [2.75, 3.05) is 32.1 Å². The van der Waals surface area contributed by atoms with Crippen LogP contribution in [0.4, 0.5) is 5.69 Å². The first-order chi connectivity index (χ1) is 8.70. The predicted octanol–water partition coefficient (Wildman–Crippen LogP) is 3.07. The van der Waals surface area contributed by atoms with Crippen molar-refractivity contribution >= 4 is 17.3 Å². The quantitative estimate of drug-likeness (QED) is 0.881. The SMILES string of the molecule is COc1c(C)cc(Cl)cc1NCC1CCCNC1. The molecule has 0 aliphatic carbocycles. The minimum atomic E-state index is 0.683. The van der Waals surface area contributed by atoms with Crippen LogP contribution < -0.4 is 15.4 Å². The van der Waals surface area contributed by atoms with Gasteiger partial charge in [-0.1, -0.05) is 11.6 Å². The van der Waals surface area contributed by atoms with Gasteiger partial charge in [0.2, 0.25) is 0 Å². The van der Waals surface area contributed by atoms with Gasteiger partial charge in [0.15, 0.2) is 0 Å². The molecule has 0 radical (unpaired) electrons. The molecule has 1 unspecified atom stereocenters. The molecule has 18 heavy (non-hydrogen) atoms. The number of halogens is 1. The average Bonchev–Trinajstić information content (AvgIpc) is 2.37. The van der Waals surface area contributed by atoms with Crippen LogP contribution in [0.15, 0.2) is 12.1 Å². The Balaban J connectivity index is 2.03. The molecule has 4 heteroatoms. The Morgan fingerprint density at radius 1 is 1.50 bits per heavy atom. The summed E-state index contributed by atoms with van der Waals surface area (Å²) in [4.78, 5) is 0. The van der Waals surface area contributed by atoms with Crippen molar-refractivity contribution in [3.63, 3.8) is 0 Å². The molecule has 100 valence electrons. The van der Waals surface area contributed by atoms with Gasteiger partial charge in [-0.25, -0.2) is 0 Å². The first kappa shape index (κ1) is 13.5. The Bertz CT molecular complexity index is 403. The van der Waals surface area contributed by atoms with E-state index < -0.39 is 0 Å². The highest BCUT2D eigenvalue weighted by atomic mass is 35.5. The zero-order valence-corrected chi connectivity index (χ0v) is 11.8. The molecule has 0 spiro atoms. The molecule has 1 saturated heterocycles. The average molecular weight is 269 g/mol. The van der Waals surface area contributed by atoms with Crippen LogP contribution in [0, 0.1) is 12.8 Å². The molecule has 1 aliphatic rings. The number of piperidine rings is 1. The summed E-state index contributed by atoms with van der Waals surface area (Å²) in [6.45, 7) is 5.21. The topological polar surface area (TPSA) is 33.3 Å². The van der Waals surface area contributed by atoms with E-state index in [1.165, 1.54) is 12.8 Å². The fraction of sp³-hybridized carbons (Fsp3) is 0.571. The number of nitrogens with one attached hydrogen (secondary N) is 2. The van der Waals surface area contributed by atoms with Crippen molar-refractivity contribution in [2.45, 2.75) is 19.8 Å². The van der Waals surface area contributed by atoms with E-state index in [4.69, 9.17) is 16.3 Å². The van der Waals surface area contributed by atoms with Crippen molar-refractivity contribution in [1.82, 2.24) is 5.32 Å². The Morgan fingerprint density at radius 2 is 2.33 bits per heavy atom. The van der Waals surface area contributed by atoms with Crippen molar-refractivity contribution in [1.29, 1.82) is 0 Å². The lowest BCUT2D eigenvalue weighted by molar-refractivity contribution is 0.390. The van der Waals surface area contributed by atoms with Crippen LogP contribution in [-0.2, 0) is 0 Å². The van der Waals surface area contributed by atoms with Crippen LogP contribution in [0.25, 0.3) is 0 Å². The second-order valence-electron chi connectivity index (χ2n) is 4.90. The largest absolute Gasteiger partial charge is 0.494 e. The summed E-state index contributed by atoms with van der Waals surface area (Å²) in [5.41, 5.74) is 2.06. The molecule has 1 aliphatic heterocycles. The summed E-state index contributed by atoms with van der Waals surface area (Å²) < 4.78 is 5.43. The molecule has 1 aromatic carbocycles. The van der Waals surface area contributed by atoms with Crippen LogP contribution in [-0.4, -0.2) is 26.7 Å². The molecule has 0 bridgehead atoms. The second kappa shape index (κ2) is 6.30. The third-order valence-corrected chi connectivity index (χ3v) is 3.64. The van der Waals surface area contributed by atoms with Gasteiger partial charge in [-0.15, -0.1) is 0 Å². The Hall–Kier alpha value is -0.930. The lowest BCUT2D eigenvalue weighted by atomic mass is 9.99. The lowest BCUT2D eigenvalue weighted by Crippen LogP contribution is -2.33. The van der Waals surface area contributed by atoms with Crippen molar-refractivity contribution in [2.24, 2.45) is 5.92 Å². The number of methoxy groups -OCH3 is 1. The van der Waals surface area contributed by atoms with E-state index in [-0.39, 0.29) is 0 Å². The Kier molecular flexibility index (Phi) is 4.72.